The summed E-state index contributed by atoms with van der Waals surface area (Å²) in [5, 5.41) is 4.17. The Morgan fingerprint density at radius 1 is 1.53 bits per heavy atom. The molecule has 1 aromatic rings. The highest BCUT2D eigenvalue weighted by atomic mass is 16.1. The second-order valence-corrected chi connectivity index (χ2v) is 5.33. The Hall–Kier alpha value is -1.16. The van der Waals surface area contributed by atoms with E-state index in [9.17, 15) is 4.79 Å². The Morgan fingerprint density at radius 2 is 2.29 bits per heavy atom. The van der Waals surface area contributed by atoms with Crippen LogP contribution >= 0.6 is 0 Å². The van der Waals surface area contributed by atoms with Crippen LogP contribution in [0.4, 0.5) is 0 Å². The Labute approximate surface area is 101 Å². The molecule has 2 aliphatic carbocycles. The van der Waals surface area contributed by atoms with Gasteiger partial charge in [0.1, 0.15) is 5.69 Å². The maximum Gasteiger partial charge on any atom is 0.185 e. The third-order valence-corrected chi connectivity index (χ3v) is 4.55. The van der Waals surface area contributed by atoms with Crippen molar-refractivity contribution in [2.75, 3.05) is 0 Å². The molecule has 2 saturated carbocycles. The fourth-order valence-electron chi connectivity index (χ4n) is 3.69. The zero-order chi connectivity index (χ0) is 12.0. The SMILES string of the molecule is CCn1nccc1C(=O)C1C2CCC(C2)C1N. The van der Waals surface area contributed by atoms with Crippen LogP contribution in [0.5, 0.6) is 0 Å². The van der Waals surface area contributed by atoms with Crippen LogP contribution in [-0.2, 0) is 6.54 Å². The lowest BCUT2D eigenvalue weighted by Gasteiger charge is -2.26. The summed E-state index contributed by atoms with van der Waals surface area (Å²) in [5.41, 5.74) is 6.95. The minimum atomic E-state index is 0.0377. The van der Waals surface area contributed by atoms with E-state index in [1.165, 1.54) is 12.8 Å². The van der Waals surface area contributed by atoms with E-state index in [0.717, 1.165) is 18.7 Å². The molecule has 0 amide bonds. The molecule has 4 atom stereocenters. The molecule has 0 radical (unpaired) electrons. The summed E-state index contributed by atoms with van der Waals surface area (Å²) in [7, 11) is 0. The quantitative estimate of drug-likeness (QED) is 0.804. The summed E-state index contributed by atoms with van der Waals surface area (Å²) >= 11 is 0. The summed E-state index contributed by atoms with van der Waals surface area (Å²) in [6.07, 6.45) is 5.24. The van der Waals surface area contributed by atoms with Gasteiger partial charge in [0.15, 0.2) is 5.78 Å². The number of aromatic nitrogens is 2. The number of hydrogen-bond acceptors (Lipinski definition) is 3. The van der Waals surface area contributed by atoms with Gasteiger partial charge in [-0.3, -0.25) is 9.48 Å². The minimum Gasteiger partial charge on any atom is -0.327 e. The number of hydrogen-bond donors (Lipinski definition) is 1. The molecule has 3 rings (SSSR count). The first-order chi connectivity index (χ1) is 8.22. The molecule has 0 spiro atoms. The molecular formula is C13H19N3O. The topological polar surface area (TPSA) is 60.9 Å². The standard InChI is InChI=1S/C13H19N3O/c1-2-16-10(5-6-15-16)13(17)11-8-3-4-9(7-8)12(11)14/h5-6,8-9,11-12H,2-4,7,14H2,1H3. The van der Waals surface area contributed by atoms with Crippen molar-refractivity contribution in [3.63, 3.8) is 0 Å². The lowest BCUT2D eigenvalue weighted by molar-refractivity contribution is 0.0845. The largest absolute Gasteiger partial charge is 0.327 e. The average molecular weight is 233 g/mol. The van der Waals surface area contributed by atoms with Gasteiger partial charge < -0.3 is 5.73 Å². The molecular weight excluding hydrogens is 214 g/mol. The predicted molar refractivity (Wildman–Crippen MR) is 64.5 cm³/mol. The molecule has 2 aliphatic rings. The summed E-state index contributed by atoms with van der Waals surface area (Å²) in [5.74, 6) is 1.34. The van der Waals surface area contributed by atoms with Crippen molar-refractivity contribution in [3.8, 4) is 0 Å². The van der Waals surface area contributed by atoms with E-state index in [2.05, 4.69) is 5.10 Å². The number of ketones is 1. The van der Waals surface area contributed by atoms with Crippen molar-refractivity contribution in [1.29, 1.82) is 0 Å². The molecule has 2 N–H and O–H groups in total. The lowest BCUT2D eigenvalue weighted by Crippen LogP contribution is -2.40. The van der Waals surface area contributed by atoms with E-state index in [0.29, 0.717) is 11.8 Å². The molecule has 92 valence electrons. The Kier molecular flexibility index (Phi) is 2.54. The molecule has 0 aromatic carbocycles. The van der Waals surface area contributed by atoms with Crippen molar-refractivity contribution >= 4 is 5.78 Å². The second-order valence-electron chi connectivity index (χ2n) is 5.33. The Bertz CT molecular complexity index is 438. The van der Waals surface area contributed by atoms with Gasteiger partial charge in [-0.2, -0.15) is 5.10 Å². The highest BCUT2D eigenvalue weighted by Crippen LogP contribution is 2.48. The molecule has 0 aliphatic heterocycles. The maximum absolute atomic E-state index is 12.5. The van der Waals surface area contributed by atoms with Gasteiger partial charge in [0.25, 0.3) is 0 Å². The number of fused-ring (bicyclic) bond motifs is 2. The van der Waals surface area contributed by atoms with Gasteiger partial charge >= 0.3 is 0 Å². The van der Waals surface area contributed by atoms with Gasteiger partial charge in [0, 0.05) is 24.7 Å². The van der Waals surface area contributed by atoms with Crippen LogP contribution in [0.25, 0.3) is 0 Å². The highest BCUT2D eigenvalue weighted by molar-refractivity contribution is 5.97. The van der Waals surface area contributed by atoms with Gasteiger partial charge in [-0.05, 0) is 44.1 Å². The van der Waals surface area contributed by atoms with E-state index in [4.69, 9.17) is 5.73 Å². The Balaban J connectivity index is 1.88. The third kappa shape index (κ3) is 1.54. The van der Waals surface area contributed by atoms with Gasteiger partial charge in [0.05, 0.1) is 0 Å². The van der Waals surface area contributed by atoms with E-state index < -0.39 is 0 Å². The molecule has 1 aromatic heterocycles. The summed E-state index contributed by atoms with van der Waals surface area (Å²) < 4.78 is 1.78. The lowest BCUT2D eigenvalue weighted by atomic mass is 9.81. The summed E-state index contributed by atoms with van der Waals surface area (Å²) in [6, 6.07) is 1.89. The Morgan fingerprint density at radius 3 is 2.94 bits per heavy atom. The molecule has 1 heterocycles. The number of carbonyl (C=O) groups is 1. The van der Waals surface area contributed by atoms with Crippen molar-refractivity contribution in [2.24, 2.45) is 23.5 Å². The number of nitrogens with zero attached hydrogens (tertiary/aromatic N) is 2. The first-order valence-corrected chi connectivity index (χ1v) is 6.54. The highest BCUT2D eigenvalue weighted by Gasteiger charge is 2.49. The number of Topliss-reactive ketones (excluding diaryl/α,β-unsaturated/α-hetero) is 1. The fraction of sp³-hybridized carbons (Fsp3) is 0.692. The molecule has 0 saturated heterocycles. The van der Waals surface area contributed by atoms with Crippen molar-refractivity contribution in [3.05, 3.63) is 18.0 Å². The van der Waals surface area contributed by atoms with Crippen LogP contribution in [-0.4, -0.2) is 21.6 Å². The molecule has 17 heavy (non-hydrogen) atoms. The van der Waals surface area contributed by atoms with Crippen LogP contribution < -0.4 is 5.73 Å². The first kappa shape index (κ1) is 11.0. The zero-order valence-electron chi connectivity index (χ0n) is 10.2. The van der Waals surface area contributed by atoms with E-state index in [1.54, 1.807) is 10.9 Å². The molecule has 4 unspecified atom stereocenters. The first-order valence-electron chi connectivity index (χ1n) is 6.54. The van der Waals surface area contributed by atoms with E-state index >= 15 is 0 Å². The summed E-state index contributed by atoms with van der Waals surface area (Å²) in [4.78, 5) is 12.5. The zero-order valence-corrected chi connectivity index (χ0v) is 10.2. The van der Waals surface area contributed by atoms with Crippen LogP contribution in [0.2, 0.25) is 0 Å². The smallest absolute Gasteiger partial charge is 0.185 e. The van der Waals surface area contributed by atoms with Crippen LogP contribution in [0.15, 0.2) is 12.3 Å². The number of rotatable bonds is 3. The van der Waals surface area contributed by atoms with E-state index in [1.807, 2.05) is 13.0 Å². The van der Waals surface area contributed by atoms with Gasteiger partial charge in [-0.15, -0.1) is 0 Å². The molecule has 4 heteroatoms. The van der Waals surface area contributed by atoms with E-state index in [-0.39, 0.29) is 17.7 Å². The van der Waals surface area contributed by atoms with Crippen molar-refractivity contribution in [2.45, 2.75) is 38.8 Å². The maximum atomic E-state index is 12.5. The monoisotopic (exact) mass is 233 g/mol. The average Bonchev–Trinajstić information content (AvgIpc) is 3.02. The minimum absolute atomic E-state index is 0.0377. The summed E-state index contributed by atoms with van der Waals surface area (Å²) in [6.45, 7) is 2.74. The fourth-order valence-corrected chi connectivity index (χ4v) is 3.69. The molecule has 4 nitrogen and oxygen atoms in total. The number of nitrogens with two attached hydrogens (primary N) is 1. The normalized spacial score (nSPS) is 35.4. The number of aryl methyl sites for hydroxylation is 1. The van der Waals surface area contributed by atoms with Gasteiger partial charge in [0.2, 0.25) is 0 Å². The number of carbonyl (C=O) groups excluding carboxylic acids is 1. The van der Waals surface area contributed by atoms with Crippen molar-refractivity contribution in [1.82, 2.24) is 9.78 Å². The van der Waals surface area contributed by atoms with Crippen molar-refractivity contribution < 1.29 is 4.79 Å². The van der Waals surface area contributed by atoms with Crippen LogP contribution in [0.1, 0.15) is 36.7 Å². The molecule has 2 bridgehead atoms. The van der Waals surface area contributed by atoms with Gasteiger partial charge in [-0.1, -0.05) is 0 Å². The van der Waals surface area contributed by atoms with Crippen LogP contribution in [0, 0.1) is 17.8 Å². The van der Waals surface area contributed by atoms with Crippen LogP contribution in [0.3, 0.4) is 0 Å². The third-order valence-electron chi connectivity index (χ3n) is 4.55. The molecule has 2 fully saturated rings. The second kappa shape index (κ2) is 3.95. The van der Waals surface area contributed by atoms with Gasteiger partial charge in [-0.25, -0.2) is 0 Å². The predicted octanol–water partition coefficient (Wildman–Crippen LogP) is 1.46.